The molecule has 2 heterocycles. The Morgan fingerprint density at radius 1 is 1.54 bits per heavy atom. The summed E-state index contributed by atoms with van der Waals surface area (Å²) in [5, 5.41) is 0. The molecule has 0 bridgehead atoms. The molecule has 6 heteroatoms. The Hall–Kier alpha value is -1.85. The molecule has 6 nitrogen and oxygen atoms in total. The highest BCUT2D eigenvalue weighted by molar-refractivity contribution is 5.70. The Balaban J connectivity index is 2.73. The number of aryl methyl sites for hydroxylation is 1. The molecule has 0 aromatic carbocycles. The fourth-order valence-corrected chi connectivity index (χ4v) is 1.12. The first-order valence-corrected chi connectivity index (χ1v) is 3.91. The van der Waals surface area contributed by atoms with Crippen molar-refractivity contribution in [3.63, 3.8) is 0 Å². The van der Waals surface area contributed by atoms with Gasteiger partial charge in [-0.15, -0.1) is 0 Å². The lowest BCUT2D eigenvalue weighted by Gasteiger charge is -1.89. The Morgan fingerprint density at radius 3 is 3.08 bits per heavy atom. The van der Waals surface area contributed by atoms with Crippen molar-refractivity contribution in [2.45, 2.75) is 13.3 Å². The van der Waals surface area contributed by atoms with E-state index in [1.807, 2.05) is 12.7 Å². The molecule has 4 N–H and O–H groups in total. The number of aromatic amines is 2. The molecule has 0 radical (unpaired) electrons. The van der Waals surface area contributed by atoms with E-state index in [1.165, 1.54) is 0 Å². The van der Waals surface area contributed by atoms with Gasteiger partial charge in [0.2, 0.25) is 5.95 Å². The number of fused-ring (bicyclic) bond motifs is 1. The van der Waals surface area contributed by atoms with Crippen molar-refractivity contribution in [3.05, 3.63) is 16.2 Å². The molecule has 0 saturated carbocycles. The molecule has 0 spiro atoms. The van der Waals surface area contributed by atoms with Gasteiger partial charge in [-0.05, 0) is 0 Å². The Bertz CT molecular complexity index is 516. The molecule has 2 rings (SSSR count). The first-order chi connectivity index (χ1) is 6.74. The molecule has 0 aliphatic carbocycles. The average molecular weight is 181 g/mol. The summed E-state index contributed by atoms with van der Waals surface area (Å²) >= 11 is 0. The van der Waals surface area contributed by atoms with Crippen molar-refractivity contribution in [1.82, 2.24) is 19.9 Å². The molecule has 0 aliphatic rings. The highest BCUT2D eigenvalue weighted by Gasteiger charge is 2.06. The number of aromatic nitrogens is 4. The minimum Gasteiger partial charge on any atom is -0.369 e. The quantitative estimate of drug-likeness (QED) is 0.596. The summed E-state index contributed by atoms with van der Waals surface area (Å²) in [6.07, 6.45) is 0.708. The van der Waals surface area contributed by atoms with Crippen LogP contribution >= 0.6 is 0 Å². The Morgan fingerprint density at radius 2 is 2.38 bits per heavy atom. The number of nitrogen functional groups attached to an aromatic ring is 1. The molecule has 2 aromatic heterocycles. The van der Waals surface area contributed by atoms with E-state index >= 15 is 0 Å². The second-order valence-electron chi connectivity index (χ2n) is 2.65. The zero-order valence-corrected chi connectivity index (χ0v) is 7.01. The van der Waals surface area contributed by atoms with Crippen molar-refractivity contribution in [1.29, 1.82) is 0 Å². The first-order valence-electron chi connectivity index (χ1n) is 4.41. The van der Waals surface area contributed by atoms with Crippen LogP contribution in [0.1, 0.15) is 12.7 Å². The predicted octanol–water partition coefficient (Wildman–Crippen LogP) is -0.209. The number of hydrogen-bond donors (Lipinski definition) is 3. The molecule has 0 unspecified atom stereocenters. The fraction of sp³-hybridized carbons (Fsp3) is 0.286. The van der Waals surface area contributed by atoms with Crippen molar-refractivity contribution < 1.29 is 1.41 Å². The summed E-state index contributed by atoms with van der Waals surface area (Å²) in [6.45, 7) is 1.93. The SMILES string of the molecule is [3H]Nc1nc2nc(CC)[nH]c2c(=O)[nH]1. The number of rotatable bonds is 2. The highest BCUT2D eigenvalue weighted by Crippen LogP contribution is 2.04. The van der Waals surface area contributed by atoms with Crippen molar-refractivity contribution in [3.8, 4) is 0 Å². The smallest absolute Gasteiger partial charge is 0.278 e. The van der Waals surface area contributed by atoms with E-state index in [0.717, 1.165) is 0 Å². The van der Waals surface area contributed by atoms with Gasteiger partial charge in [-0.25, -0.2) is 4.98 Å². The number of hydrogen-bond acceptors (Lipinski definition) is 4. The molecular formula is C7H9N5O. The van der Waals surface area contributed by atoms with Gasteiger partial charge in [-0.3, -0.25) is 9.78 Å². The van der Waals surface area contributed by atoms with Crippen LogP contribution in [-0.4, -0.2) is 19.9 Å². The van der Waals surface area contributed by atoms with E-state index < -0.39 is 0 Å². The van der Waals surface area contributed by atoms with Crippen LogP contribution in [0.2, 0.25) is 1.41 Å². The summed E-state index contributed by atoms with van der Waals surface area (Å²) in [7, 11) is 0. The molecule has 13 heavy (non-hydrogen) atoms. The van der Waals surface area contributed by atoms with Gasteiger partial charge in [-0.1, -0.05) is 6.92 Å². The van der Waals surface area contributed by atoms with Crippen LogP contribution < -0.4 is 11.3 Å². The highest BCUT2D eigenvalue weighted by atomic mass is 16.1. The van der Waals surface area contributed by atoms with Gasteiger partial charge in [0.25, 0.3) is 5.56 Å². The second kappa shape index (κ2) is 2.58. The van der Waals surface area contributed by atoms with Crippen LogP contribution in [0.3, 0.4) is 0 Å². The summed E-state index contributed by atoms with van der Waals surface area (Å²) in [6, 6.07) is 0. The van der Waals surface area contributed by atoms with E-state index in [9.17, 15) is 4.79 Å². The van der Waals surface area contributed by atoms with Gasteiger partial charge >= 0.3 is 0 Å². The summed E-state index contributed by atoms with van der Waals surface area (Å²) in [5.41, 5.74) is 2.38. The largest absolute Gasteiger partial charge is 0.369 e. The number of imidazole rings is 1. The summed E-state index contributed by atoms with van der Waals surface area (Å²) in [4.78, 5) is 24.7. The molecule has 68 valence electrons. The molecule has 0 atom stereocenters. The molecule has 0 aliphatic heterocycles. The average Bonchev–Trinajstić information content (AvgIpc) is 2.61. The molecule has 0 fully saturated rings. The summed E-state index contributed by atoms with van der Waals surface area (Å²) in [5.74, 6) is 0.803. The minimum atomic E-state index is -0.322. The third kappa shape index (κ3) is 1.16. The van der Waals surface area contributed by atoms with Crippen molar-refractivity contribution >= 4 is 17.1 Å². The zero-order chi connectivity index (χ0) is 10.1. The maximum atomic E-state index is 11.4. The standard InChI is InChI=1S/C7H9N5O/c1-2-3-9-4-5(10-3)11-7(8)12-6(4)13/h2H2,1H3,(H4,8,9,10,11,12,13)/i/hT. The van der Waals surface area contributed by atoms with E-state index in [1.54, 1.807) is 0 Å². The maximum Gasteiger partial charge on any atom is 0.278 e. The van der Waals surface area contributed by atoms with Crippen LogP contribution in [0.25, 0.3) is 11.2 Å². The minimum absolute atomic E-state index is 0.0941. The van der Waals surface area contributed by atoms with E-state index in [2.05, 4.69) is 19.9 Å². The van der Waals surface area contributed by atoms with Gasteiger partial charge in [-0.2, -0.15) is 4.98 Å². The lowest BCUT2D eigenvalue weighted by atomic mass is 10.5. The third-order valence-corrected chi connectivity index (χ3v) is 1.75. The van der Waals surface area contributed by atoms with Gasteiger partial charge < -0.3 is 10.7 Å². The summed E-state index contributed by atoms with van der Waals surface area (Å²) < 4.78 is 6.85. The number of nitrogens with one attached hydrogen (secondary N) is 2. The van der Waals surface area contributed by atoms with Crippen molar-refractivity contribution in [2.75, 3.05) is 5.73 Å². The van der Waals surface area contributed by atoms with Gasteiger partial charge in [0, 0.05) is 6.42 Å². The third-order valence-electron chi connectivity index (χ3n) is 1.75. The number of H-pyrrole nitrogens is 2. The van der Waals surface area contributed by atoms with E-state index in [-0.39, 0.29) is 11.5 Å². The van der Waals surface area contributed by atoms with Crippen LogP contribution in [0.4, 0.5) is 5.95 Å². The van der Waals surface area contributed by atoms with Gasteiger partial charge in [0.05, 0.1) is 0 Å². The lowest BCUT2D eigenvalue weighted by Crippen LogP contribution is -2.10. The monoisotopic (exact) mass is 181 g/mol. The van der Waals surface area contributed by atoms with E-state index in [4.69, 9.17) is 1.41 Å². The topological polar surface area (TPSA) is 100 Å². The second-order valence-corrected chi connectivity index (χ2v) is 2.65. The Kier molecular flexibility index (Phi) is 1.32. The maximum absolute atomic E-state index is 11.4. The van der Waals surface area contributed by atoms with Crippen LogP contribution in [-0.2, 0) is 6.42 Å². The number of nitrogens with two attached hydrogens (primary N) is 1. The number of anilines is 1. The predicted molar refractivity (Wildman–Crippen MR) is 48.3 cm³/mol. The zero-order valence-electron chi connectivity index (χ0n) is 8.01. The first kappa shape index (κ1) is 6.64. The number of nitrogens with zero attached hydrogens (tertiary/aromatic N) is 2. The van der Waals surface area contributed by atoms with Crippen LogP contribution in [0, 0.1) is 0 Å². The van der Waals surface area contributed by atoms with Crippen LogP contribution in [0.5, 0.6) is 0 Å². The molecular weight excluding hydrogens is 170 g/mol. The van der Waals surface area contributed by atoms with Crippen molar-refractivity contribution in [2.24, 2.45) is 0 Å². The molecule has 0 amide bonds. The molecule has 0 saturated heterocycles. The van der Waals surface area contributed by atoms with Gasteiger partial charge in [0.15, 0.2) is 12.6 Å². The fourth-order valence-electron chi connectivity index (χ4n) is 1.12. The van der Waals surface area contributed by atoms with Gasteiger partial charge in [0.1, 0.15) is 5.82 Å². The Labute approximate surface area is 74.7 Å². The normalized spacial score (nSPS) is 11.6. The van der Waals surface area contributed by atoms with E-state index in [0.29, 0.717) is 23.4 Å². The lowest BCUT2D eigenvalue weighted by molar-refractivity contribution is 0.997. The molecule has 2 aromatic rings. The van der Waals surface area contributed by atoms with Crippen LogP contribution in [0.15, 0.2) is 4.79 Å².